The average Bonchev–Trinajstić information content (AvgIpc) is 2.15. The van der Waals surface area contributed by atoms with Gasteiger partial charge in [0, 0.05) is 18.4 Å². The molecular weight excluding hydrogens is 196 g/mol. The maximum absolute atomic E-state index is 4.22. The van der Waals surface area contributed by atoms with Gasteiger partial charge in [-0.05, 0) is 43.2 Å². The van der Waals surface area contributed by atoms with E-state index in [1.165, 1.54) is 36.9 Å². The van der Waals surface area contributed by atoms with Crippen LogP contribution in [0.3, 0.4) is 0 Å². The van der Waals surface area contributed by atoms with Crippen molar-refractivity contribution in [2.75, 3.05) is 5.32 Å². The fraction of sp³-hybridized carbons (Fsp3) is 0.643. The lowest BCUT2D eigenvalue weighted by Gasteiger charge is -2.36. The van der Waals surface area contributed by atoms with Crippen LogP contribution in [-0.4, -0.2) is 11.0 Å². The van der Waals surface area contributed by atoms with Crippen molar-refractivity contribution in [3.63, 3.8) is 0 Å². The van der Waals surface area contributed by atoms with Crippen molar-refractivity contribution in [2.45, 2.75) is 52.5 Å². The van der Waals surface area contributed by atoms with E-state index in [2.05, 4.69) is 37.1 Å². The smallest absolute Gasteiger partial charge is 0.0531 e. The molecule has 1 heterocycles. The quantitative estimate of drug-likeness (QED) is 0.817. The average molecular weight is 218 g/mol. The molecule has 1 atom stereocenters. The highest BCUT2D eigenvalue weighted by molar-refractivity contribution is 5.43. The molecule has 2 nitrogen and oxygen atoms in total. The van der Waals surface area contributed by atoms with E-state index in [9.17, 15) is 0 Å². The minimum atomic E-state index is 0.493. The first-order valence-corrected chi connectivity index (χ1v) is 6.23. The SMILES string of the molecule is Cc1cncc(NC2CCCC(C)(C)C2)c1. The maximum Gasteiger partial charge on any atom is 0.0531 e. The third kappa shape index (κ3) is 2.97. The molecule has 1 aliphatic rings. The Morgan fingerprint density at radius 3 is 2.88 bits per heavy atom. The van der Waals surface area contributed by atoms with E-state index in [1.54, 1.807) is 0 Å². The van der Waals surface area contributed by atoms with Gasteiger partial charge in [0.2, 0.25) is 0 Å². The third-order valence-corrected chi connectivity index (χ3v) is 3.45. The number of aryl methyl sites for hydroxylation is 1. The number of nitrogens with one attached hydrogen (secondary N) is 1. The Kier molecular flexibility index (Phi) is 3.17. The van der Waals surface area contributed by atoms with E-state index in [-0.39, 0.29) is 0 Å². The van der Waals surface area contributed by atoms with Crippen LogP contribution >= 0.6 is 0 Å². The molecule has 0 aliphatic heterocycles. The van der Waals surface area contributed by atoms with E-state index in [4.69, 9.17) is 0 Å². The van der Waals surface area contributed by atoms with Gasteiger partial charge in [-0.15, -0.1) is 0 Å². The van der Waals surface area contributed by atoms with Gasteiger partial charge in [-0.1, -0.05) is 20.3 Å². The predicted octanol–water partition coefficient (Wildman–Crippen LogP) is 3.77. The van der Waals surface area contributed by atoms with Crippen LogP contribution < -0.4 is 5.32 Å². The second-order valence-corrected chi connectivity index (χ2v) is 5.85. The monoisotopic (exact) mass is 218 g/mol. The molecule has 88 valence electrons. The van der Waals surface area contributed by atoms with Gasteiger partial charge in [-0.2, -0.15) is 0 Å². The van der Waals surface area contributed by atoms with Crippen molar-refractivity contribution in [3.8, 4) is 0 Å². The van der Waals surface area contributed by atoms with Crippen molar-refractivity contribution in [2.24, 2.45) is 5.41 Å². The number of hydrogen-bond donors (Lipinski definition) is 1. The summed E-state index contributed by atoms with van der Waals surface area (Å²) in [6.45, 7) is 6.83. The first-order chi connectivity index (χ1) is 7.55. The number of hydrogen-bond acceptors (Lipinski definition) is 2. The number of aromatic nitrogens is 1. The van der Waals surface area contributed by atoms with Gasteiger partial charge in [0.1, 0.15) is 0 Å². The van der Waals surface area contributed by atoms with Crippen molar-refractivity contribution >= 4 is 5.69 Å². The Hall–Kier alpha value is -1.05. The van der Waals surface area contributed by atoms with E-state index >= 15 is 0 Å². The van der Waals surface area contributed by atoms with Gasteiger partial charge in [0.05, 0.1) is 5.69 Å². The van der Waals surface area contributed by atoms with Crippen LogP contribution in [0.15, 0.2) is 18.5 Å². The summed E-state index contributed by atoms with van der Waals surface area (Å²) >= 11 is 0. The van der Waals surface area contributed by atoms with Crippen molar-refractivity contribution in [1.82, 2.24) is 4.98 Å². The lowest BCUT2D eigenvalue weighted by molar-refractivity contribution is 0.229. The Morgan fingerprint density at radius 1 is 1.38 bits per heavy atom. The molecule has 0 amide bonds. The molecule has 0 radical (unpaired) electrons. The summed E-state index contributed by atoms with van der Waals surface area (Å²) in [6.07, 6.45) is 9.07. The Labute approximate surface area is 98.5 Å². The molecule has 1 aromatic rings. The van der Waals surface area contributed by atoms with Crippen LogP contribution in [0.1, 0.15) is 45.1 Å². The van der Waals surface area contributed by atoms with Crippen LogP contribution in [-0.2, 0) is 0 Å². The second kappa shape index (κ2) is 4.44. The normalized spacial score (nSPS) is 24.1. The summed E-state index contributed by atoms with van der Waals surface area (Å²) in [5.74, 6) is 0. The molecule has 1 N–H and O–H groups in total. The standard InChI is InChI=1S/C14H22N2/c1-11-7-13(10-15-9-11)16-12-5-4-6-14(2,3)8-12/h7,9-10,12,16H,4-6,8H2,1-3H3. The van der Waals surface area contributed by atoms with Gasteiger partial charge in [-0.25, -0.2) is 0 Å². The van der Waals surface area contributed by atoms with Crippen molar-refractivity contribution < 1.29 is 0 Å². The molecule has 0 aromatic carbocycles. The van der Waals surface area contributed by atoms with E-state index < -0.39 is 0 Å². The summed E-state index contributed by atoms with van der Waals surface area (Å²) in [7, 11) is 0. The first-order valence-electron chi connectivity index (χ1n) is 6.23. The van der Waals surface area contributed by atoms with E-state index in [1.807, 2.05) is 12.4 Å². The number of pyridine rings is 1. The zero-order valence-electron chi connectivity index (χ0n) is 10.6. The molecule has 1 aromatic heterocycles. The molecule has 1 aliphatic carbocycles. The van der Waals surface area contributed by atoms with Crippen LogP contribution in [0.2, 0.25) is 0 Å². The van der Waals surface area contributed by atoms with E-state index in [0.29, 0.717) is 11.5 Å². The number of anilines is 1. The summed E-state index contributed by atoms with van der Waals surface area (Å²) < 4.78 is 0. The molecular formula is C14H22N2. The van der Waals surface area contributed by atoms with Crippen LogP contribution in [0.25, 0.3) is 0 Å². The predicted molar refractivity (Wildman–Crippen MR) is 68.6 cm³/mol. The zero-order chi connectivity index (χ0) is 11.6. The lowest BCUT2D eigenvalue weighted by Crippen LogP contribution is -2.31. The largest absolute Gasteiger partial charge is 0.381 e. The number of nitrogens with zero attached hydrogens (tertiary/aromatic N) is 1. The molecule has 16 heavy (non-hydrogen) atoms. The zero-order valence-corrected chi connectivity index (χ0v) is 10.6. The first kappa shape index (κ1) is 11.4. The highest BCUT2D eigenvalue weighted by Gasteiger charge is 2.27. The van der Waals surface area contributed by atoms with Gasteiger partial charge in [0.25, 0.3) is 0 Å². The fourth-order valence-electron chi connectivity index (χ4n) is 2.69. The minimum absolute atomic E-state index is 0.493. The molecule has 0 bridgehead atoms. The maximum atomic E-state index is 4.22. The van der Waals surface area contributed by atoms with Crippen LogP contribution in [0.5, 0.6) is 0 Å². The minimum Gasteiger partial charge on any atom is -0.381 e. The number of rotatable bonds is 2. The molecule has 0 saturated heterocycles. The van der Waals surface area contributed by atoms with E-state index in [0.717, 1.165) is 0 Å². The lowest BCUT2D eigenvalue weighted by atomic mass is 9.75. The topological polar surface area (TPSA) is 24.9 Å². The molecule has 1 unspecified atom stereocenters. The Morgan fingerprint density at radius 2 is 2.19 bits per heavy atom. The highest BCUT2D eigenvalue weighted by atomic mass is 14.9. The van der Waals surface area contributed by atoms with Gasteiger partial charge in [-0.3, -0.25) is 4.98 Å². The Bertz CT molecular complexity index is 358. The molecule has 1 fully saturated rings. The molecule has 1 saturated carbocycles. The van der Waals surface area contributed by atoms with Gasteiger partial charge in [0.15, 0.2) is 0 Å². The van der Waals surface area contributed by atoms with Gasteiger partial charge < -0.3 is 5.32 Å². The van der Waals surface area contributed by atoms with Crippen LogP contribution in [0, 0.1) is 12.3 Å². The summed E-state index contributed by atoms with van der Waals surface area (Å²) in [5, 5.41) is 3.61. The van der Waals surface area contributed by atoms with Crippen molar-refractivity contribution in [3.05, 3.63) is 24.0 Å². The third-order valence-electron chi connectivity index (χ3n) is 3.45. The van der Waals surface area contributed by atoms with Crippen molar-refractivity contribution in [1.29, 1.82) is 0 Å². The summed E-state index contributed by atoms with van der Waals surface area (Å²) in [5.41, 5.74) is 2.88. The summed E-state index contributed by atoms with van der Waals surface area (Å²) in [4.78, 5) is 4.22. The Balaban J connectivity index is 1.99. The summed E-state index contributed by atoms with van der Waals surface area (Å²) in [6, 6.07) is 2.79. The molecule has 2 rings (SSSR count). The fourth-order valence-corrected chi connectivity index (χ4v) is 2.69. The molecule has 2 heteroatoms. The highest BCUT2D eigenvalue weighted by Crippen LogP contribution is 2.36. The second-order valence-electron chi connectivity index (χ2n) is 5.85. The molecule has 0 spiro atoms. The van der Waals surface area contributed by atoms with Crippen LogP contribution in [0.4, 0.5) is 5.69 Å². The van der Waals surface area contributed by atoms with Gasteiger partial charge >= 0.3 is 0 Å².